The summed E-state index contributed by atoms with van der Waals surface area (Å²) in [5.41, 5.74) is 3.68. The zero-order valence-electron chi connectivity index (χ0n) is 10.0. The van der Waals surface area contributed by atoms with E-state index in [1.807, 2.05) is 6.07 Å². The molecule has 3 heteroatoms. The molecule has 1 aromatic heterocycles. The number of aryl methyl sites for hydroxylation is 1. The minimum atomic E-state index is 0.630. The molecule has 0 aliphatic heterocycles. The molecule has 1 aliphatic carbocycles. The van der Waals surface area contributed by atoms with E-state index in [-0.39, 0.29) is 0 Å². The minimum absolute atomic E-state index is 0.630. The molecule has 1 heterocycles. The highest BCUT2D eigenvalue weighted by Crippen LogP contribution is 2.33. The van der Waals surface area contributed by atoms with Crippen molar-refractivity contribution < 1.29 is 0 Å². The highest BCUT2D eigenvalue weighted by atomic mass is 15.2. The van der Waals surface area contributed by atoms with Gasteiger partial charge in [0, 0.05) is 17.3 Å². The topological polar surface area (TPSA) is 40.7 Å². The number of rotatable bonds is 4. The normalized spacial score (nSPS) is 14.9. The average molecular weight is 227 g/mol. The van der Waals surface area contributed by atoms with Crippen LogP contribution in [-0.4, -0.2) is 16.2 Å². The fraction of sp³-hybridized carbons (Fsp3) is 0.357. The molecule has 88 valence electrons. The van der Waals surface area contributed by atoms with Crippen molar-refractivity contribution in [1.29, 1.82) is 0 Å². The van der Waals surface area contributed by atoms with Gasteiger partial charge in [0.2, 0.25) is 0 Å². The SMILES string of the molecule is CCc1[nH]nc(NC2CC2)c1-c1ccccc1. The zero-order valence-corrected chi connectivity index (χ0v) is 10.0. The van der Waals surface area contributed by atoms with Crippen LogP contribution < -0.4 is 5.32 Å². The van der Waals surface area contributed by atoms with Crippen molar-refractivity contribution in [2.75, 3.05) is 5.32 Å². The molecule has 3 rings (SSSR count). The Morgan fingerprint density at radius 2 is 2.06 bits per heavy atom. The van der Waals surface area contributed by atoms with E-state index in [0.29, 0.717) is 6.04 Å². The quantitative estimate of drug-likeness (QED) is 0.842. The summed E-state index contributed by atoms with van der Waals surface area (Å²) < 4.78 is 0. The van der Waals surface area contributed by atoms with Crippen molar-refractivity contribution >= 4 is 5.82 Å². The van der Waals surface area contributed by atoms with Crippen LogP contribution in [0.5, 0.6) is 0 Å². The van der Waals surface area contributed by atoms with Gasteiger partial charge in [-0.1, -0.05) is 37.3 Å². The number of nitrogens with zero attached hydrogens (tertiary/aromatic N) is 1. The summed E-state index contributed by atoms with van der Waals surface area (Å²) in [6.07, 6.45) is 3.51. The van der Waals surface area contributed by atoms with Gasteiger partial charge in [0.05, 0.1) is 0 Å². The Balaban J connectivity index is 2.02. The third kappa shape index (κ3) is 2.05. The number of hydrogen-bond acceptors (Lipinski definition) is 2. The molecule has 17 heavy (non-hydrogen) atoms. The Hall–Kier alpha value is -1.77. The van der Waals surface area contributed by atoms with Crippen LogP contribution in [0.25, 0.3) is 11.1 Å². The first-order valence-corrected chi connectivity index (χ1v) is 6.27. The molecule has 0 spiro atoms. The maximum Gasteiger partial charge on any atom is 0.156 e. The van der Waals surface area contributed by atoms with Crippen molar-refractivity contribution in [3.8, 4) is 11.1 Å². The fourth-order valence-electron chi connectivity index (χ4n) is 2.08. The Labute approximate surface area is 101 Å². The lowest BCUT2D eigenvalue weighted by Crippen LogP contribution is -2.02. The molecule has 0 saturated heterocycles. The van der Waals surface area contributed by atoms with Crippen molar-refractivity contribution in [3.05, 3.63) is 36.0 Å². The summed E-state index contributed by atoms with van der Waals surface area (Å²) in [6.45, 7) is 2.15. The molecule has 0 amide bonds. The van der Waals surface area contributed by atoms with Gasteiger partial charge in [-0.3, -0.25) is 5.10 Å². The molecular weight excluding hydrogens is 210 g/mol. The Kier molecular flexibility index (Phi) is 2.59. The summed E-state index contributed by atoms with van der Waals surface area (Å²) in [5, 5.41) is 11.0. The second-order valence-corrected chi connectivity index (χ2v) is 4.56. The van der Waals surface area contributed by atoms with Gasteiger partial charge in [-0.2, -0.15) is 5.10 Å². The summed E-state index contributed by atoms with van der Waals surface area (Å²) >= 11 is 0. The number of aromatic amines is 1. The maximum absolute atomic E-state index is 4.41. The van der Waals surface area contributed by atoms with Gasteiger partial charge in [0.15, 0.2) is 5.82 Å². The van der Waals surface area contributed by atoms with Gasteiger partial charge in [0.1, 0.15) is 0 Å². The van der Waals surface area contributed by atoms with Crippen LogP contribution in [0.1, 0.15) is 25.5 Å². The van der Waals surface area contributed by atoms with Crippen LogP contribution in [0, 0.1) is 0 Å². The van der Waals surface area contributed by atoms with Crippen LogP contribution in [0.3, 0.4) is 0 Å². The van der Waals surface area contributed by atoms with E-state index >= 15 is 0 Å². The summed E-state index contributed by atoms with van der Waals surface area (Å²) in [5.74, 6) is 1.01. The lowest BCUT2D eigenvalue weighted by molar-refractivity contribution is 0.970. The number of benzene rings is 1. The molecule has 1 fully saturated rings. The van der Waals surface area contributed by atoms with Gasteiger partial charge < -0.3 is 5.32 Å². The largest absolute Gasteiger partial charge is 0.365 e. The second-order valence-electron chi connectivity index (χ2n) is 4.56. The second kappa shape index (κ2) is 4.24. The van der Waals surface area contributed by atoms with Crippen molar-refractivity contribution in [2.24, 2.45) is 0 Å². The van der Waals surface area contributed by atoms with E-state index in [9.17, 15) is 0 Å². The smallest absolute Gasteiger partial charge is 0.156 e. The van der Waals surface area contributed by atoms with Crippen LogP contribution >= 0.6 is 0 Å². The standard InChI is InChI=1S/C14H17N3/c1-2-12-13(10-6-4-3-5-7-10)14(17-16-12)15-11-8-9-11/h3-7,11H,2,8-9H2,1H3,(H2,15,16,17). The first kappa shape index (κ1) is 10.4. The molecule has 1 aromatic carbocycles. The molecule has 2 aromatic rings. The highest BCUT2D eigenvalue weighted by Gasteiger charge is 2.24. The molecule has 1 aliphatic rings. The maximum atomic E-state index is 4.41. The third-order valence-corrected chi connectivity index (χ3v) is 3.18. The van der Waals surface area contributed by atoms with E-state index in [2.05, 4.69) is 46.7 Å². The van der Waals surface area contributed by atoms with E-state index in [1.165, 1.54) is 29.7 Å². The Bertz CT molecular complexity index is 497. The summed E-state index contributed by atoms with van der Waals surface area (Å²) in [6, 6.07) is 11.1. The van der Waals surface area contributed by atoms with Crippen molar-refractivity contribution in [3.63, 3.8) is 0 Å². The van der Waals surface area contributed by atoms with Gasteiger partial charge in [0.25, 0.3) is 0 Å². The molecular formula is C14H17N3. The average Bonchev–Trinajstić information content (AvgIpc) is 3.09. The lowest BCUT2D eigenvalue weighted by Gasteiger charge is -2.06. The number of H-pyrrole nitrogens is 1. The molecule has 0 atom stereocenters. The van der Waals surface area contributed by atoms with E-state index in [4.69, 9.17) is 0 Å². The molecule has 1 saturated carbocycles. The van der Waals surface area contributed by atoms with E-state index in [1.54, 1.807) is 0 Å². The van der Waals surface area contributed by atoms with Crippen LogP contribution in [0.2, 0.25) is 0 Å². The Morgan fingerprint density at radius 3 is 2.71 bits per heavy atom. The van der Waals surface area contributed by atoms with Gasteiger partial charge in [-0.15, -0.1) is 0 Å². The summed E-state index contributed by atoms with van der Waals surface area (Å²) in [7, 11) is 0. The van der Waals surface area contributed by atoms with Crippen LogP contribution in [-0.2, 0) is 6.42 Å². The lowest BCUT2D eigenvalue weighted by atomic mass is 10.0. The first-order chi connectivity index (χ1) is 8.38. The number of anilines is 1. The van der Waals surface area contributed by atoms with Crippen molar-refractivity contribution in [1.82, 2.24) is 10.2 Å². The predicted octanol–water partition coefficient (Wildman–Crippen LogP) is 3.21. The van der Waals surface area contributed by atoms with Crippen LogP contribution in [0.15, 0.2) is 30.3 Å². The number of aromatic nitrogens is 2. The Morgan fingerprint density at radius 1 is 1.29 bits per heavy atom. The first-order valence-electron chi connectivity index (χ1n) is 6.27. The molecule has 0 radical (unpaired) electrons. The van der Waals surface area contributed by atoms with Gasteiger partial charge in [-0.05, 0) is 24.8 Å². The molecule has 2 N–H and O–H groups in total. The number of hydrogen-bond donors (Lipinski definition) is 2. The van der Waals surface area contributed by atoms with Gasteiger partial charge in [-0.25, -0.2) is 0 Å². The molecule has 0 bridgehead atoms. The minimum Gasteiger partial charge on any atom is -0.365 e. The zero-order chi connectivity index (χ0) is 11.7. The predicted molar refractivity (Wildman–Crippen MR) is 70.0 cm³/mol. The van der Waals surface area contributed by atoms with Gasteiger partial charge >= 0.3 is 0 Å². The van der Waals surface area contributed by atoms with Crippen molar-refractivity contribution in [2.45, 2.75) is 32.2 Å². The molecule has 3 nitrogen and oxygen atoms in total. The highest BCUT2D eigenvalue weighted by molar-refractivity contribution is 5.77. The van der Waals surface area contributed by atoms with E-state index in [0.717, 1.165) is 12.2 Å². The molecule has 0 unspecified atom stereocenters. The fourth-order valence-corrected chi connectivity index (χ4v) is 2.08. The third-order valence-electron chi connectivity index (χ3n) is 3.18. The van der Waals surface area contributed by atoms with E-state index < -0.39 is 0 Å². The summed E-state index contributed by atoms with van der Waals surface area (Å²) in [4.78, 5) is 0. The monoisotopic (exact) mass is 227 g/mol. The number of nitrogens with one attached hydrogen (secondary N) is 2. The van der Waals surface area contributed by atoms with Crippen LogP contribution in [0.4, 0.5) is 5.82 Å².